The largest absolute Gasteiger partial charge is 0.298 e. The lowest BCUT2D eigenvalue weighted by Crippen LogP contribution is -2.07. The third-order valence-corrected chi connectivity index (χ3v) is 4.59. The molecule has 0 aliphatic rings. The first kappa shape index (κ1) is 17.7. The molecule has 1 heterocycles. The van der Waals surface area contributed by atoms with Gasteiger partial charge >= 0.3 is 0 Å². The Kier molecular flexibility index (Phi) is 5.34. The zero-order chi connectivity index (χ0) is 18.5. The van der Waals surface area contributed by atoms with Crippen molar-refractivity contribution in [3.05, 3.63) is 76.9 Å². The van der Waals surface area contributed by atoms with Crippen LogP contribution in [-0.2, 0) is 4.79 Å². The summed E-state index contributed by atoms with van der Waals surface area (Å²) in [4.78, 5) is 28.9. The van der Waals surface area contributed by atoms with Gasteiger partial charge in [0.1, 0.15) is 5.82 Å². The Balaban J connectivity index is 1.78. The number of carbonyl (C=O) groups excluding carboxylic acids is 2. The molecule has 2 aromatic carbocycles. The number of Topliss-reactive ketones (excluding diaryl/α,β-unsaturated/α-hetero) is 1. The van der Waals surface area contributed by atoms with Crippen molar-refractivity contribution < 1.29 is 14.0 Å². The number of hydrogen-bond acceptors (Lipinski definition) is 4. The number of anilines is 1. The van der Waals surface area contributed by atoms with Gasteiger partial charge in [0, 0.05) is 18.6 Å². The van der Waals surface area contributed by atoms with E-state index in [0.29, 0.717) is 21.3 Å². The fraction of sp³-hybridized carbons (Fsp3) is 0.0500. The number of ketones is 1. The van der Waals surface area contributed by atoms with Gasteiger partial charge in [-0.3, -0.25) is 14.9 Å². The summed E-state index contributed by atoms with van der Waals surface area (Å²) in [6.07, 6.45) is 2.91. The molecule has 0 saturated carbocycles. The van der Waals surface area contributed by atoms with Crippen LogP contribution in [0.2, 0.25) is 0 Å². The highest BCUT2D eigenvalue weighted by Crippen LogP contribution is 2.31. The molecule has 0 unspecified atom stereocenters. The van der Waals surface area contributed by atoms with Crippen LogP contribution in [0.15, 0.2) is 60.7 Å². The summed E-state index contributed by atoms with van der Waals surface area (Å²) in [5, 5.41) is 3.01. The maximum Gasteiger partial charge on any atom is 0.250 e. The fourth-order valence-corrected chi connectivity index (χ4v) is 3.18. The molecule has 0 bridgehead atoms. The van der Waals surface area contributed by atoms with Crippen molar-refractivity contribution in [2.75, 3.05) is 5.32 Å². The summed E-state index contributed by atoms with van der Waals surface area (Å²) in [5.74, 6) is -0.818. The highest BCUT2D eigenvalue weighted by Gasteiger charge is 2.17. The molecule has 1 aromatic heterocycles. The Morgan fingerprint density at radius 3 is 2.42 bits per heavy atom. The van der Waals surface area contributed by atoms with Gasteiger partial charge in [0.15, 0.2) is 10.9 Å². The lowest BCUT2D eigenvalue weighted by molar-refractivity contribution is -0.111. The number of amides is 1. The highest BCUT2D eigenvalue weighted by atomic mass is 32.1. The molecule has 130 valence electrons. The van der Waals surface area contributed by atoms with Crippen molar-refractivity contribution in [2.45, 2.75) is 6.92 Å². The smallest absolute Gasteiger partial charge is 0.250 e. The summed E-state index contributed by atoms with van der Waals surface area (Å²) in [6.45, 7) is 1.47. The van der Waals surface area contributed by atoms with E-state index in [1.807, 2.05) is 30.3 Å². The lowest BCUT2D eigenvalue weighted by Gasteiger charge is -1.98. The quantitative estimate of drug-likeness (QED) is 0.521. The van der Waals surface area contributed by atoms with Crippen LogP contribution in [0.25, 0.3) is 17.3 Å². The maximum atomic E-state index is 12.9. The van der Waals surface area contributed by atoms with Gasteiger partial charge in [-0.15, -0.1) is 0 Å². The molecule has 0 aliphatic carbocycles. The van der Waals surface area contributed by atoms with E-state index >= 15 is 0 Å². The minimum atomic E-state index is -0.377. The summed E-state index contributed by atoms with van der Waals surface area (Å²) in [5.41, 5.74) is 2.08. The molecule has 1 amide bonds. The molecular weight excluding hydrogens is 351 g/mol. The van der Waals surface area contributed by atoms with Crippen molar-refractivity contribution in [1.29, 1.82) is 0 Å². The van der Waals surface area contributed by atoms with Crippen LogP contribution >= 0.6 is 11.3 Å². The standard InChI is InChI=1S/C20H15FN2O2S/c1-13(24)19-18(15-5-3-2-4-6-15)23-20(26-19)22-17(25)12-9-14-7-10-16(21)11-8-14/h2-12H,1H3,(H,22,23,25)/b12-9+. The molecule has 0 aliphatic heterocycles. The summed E-state index contributed by atoms with van der Waals surface area (Å²) >= 11 is 1.14. The number of halogens is 1. The number of benzene rings is 2. The fourth-order valence-electron chi connectivity index (χ4n) is 2.30. The summed E-state index contributed by atoms with van der Waals surface area (Å²) in [7, 11) is 0. The average Bonchev–Trinajstić information content (AvgIpc) is 3.06. The summed E-state index contributed by atoms with van der Waals surface area (Å²) < 4.78 is 12.9. The number of nitrogens with one attached hydrogen (secondary N) is 1. The summed E-state index contributed by atoms with van der Waals surface area (Å²) in [6, 6.07) is 15.1. The molecular formula is C20H15FN2O2S. The van der Waals surface area contributed by atoms with Gasteiger partial charge in [-0.25, -0.2) is 9.37 Å². The first-order valence-corrected chi connectivity index (χ1v) is 8.66. The molecule has 0 radical (unpaired) electrons. The number of aromatic nitrogens is 1. The Labute approximate surface area is 154 Å². The third kappa shape index (κ3) is 4.29. The first-order valence-electron chi connectivity index (χ1n) is 7.85. The Morgan fingerprint density at radius 2 is 1.77 bits per heavy atom. The van der Waals surface area contributed by atoms with Crippen molar-refractivity contribution in [3.63, 3.8) is 0 Å². The monoisotopic (exact) mass is 366 g/mol. The van der Waals surface area contributed by atoms with Gasteiger partial charge in [-0.1, -0.05) is 53.8 Å². The topological polar surface area (TPSA) is 59.1 Å². The molecule has 3 rings (SSSR count). The lowest BCUT2D eigenvalue weighted by atomic mass is 10.1. The molecule has 26 heavy (non-hydrogen) atoms. The SMILES string of the molecule is CC(=O)c1sc(NC(=O)/C=C/c2ccc(F)cc2)nc1-c1ccccc1. The highest BCUT2D eigenvalue weighted by molar-refractivity contribution is 7.18. The van der Waals surface area contributed by atoms with Gasteiger partial charge in [0.05, 0.1) is 10.6 Å². The van der Waals surface area contributed by atoms with Gasteiger partial charge in [-0.2, -0.15) is 0 Å². The zero-order valence-corrected chi connectivity index (χ0v) is 14.7. The number of thiazole rings is 1. The van der Waals surface area contributed by atoms with Gasteiger partial charge in [0.2, 0.25) is 5.91 Å². The maximum absolute atomic E-state index is 12.9. The molecule has 4 nitrogen and oxygen atoms in total. The number of hydrogen-bond donors (Lipinski definition) is 1. The van der Waals surface area contributed by atoms with Gasteiger partial charge < -0.3 is 0 Å². The van der Waals surface area contributed by atoms with E-state index in [9.17, 15) is 14.0 Å². The van der Waals surface area contributed by atoms with E-state index in [1.165, 1.54) is 25.1 Å². The van der Waals surface area contributed by atoms with Crippen LogP contribution in [0.5, 0.6) is 0 Å². The Hall–Kier alpha value is -3.12. The van der Waals surface area contributed by atoms with Crippen LogP contribution in [0.1, 0.15) is 22.2 Å². The van der Waals surface area contributed by atoms with Crippen LogP contribution in [0.3, 0.4) is 0 Å². The molecule has 1 N–H and O–H groups in total. The van der Waals surface area contributed by atoms with E-state index in [0.717, 1.165) is 16.9 Å². The minimum absolute atomic E-state index is 0.108. The van der Waals surface area contributed by atoms with Crippen molar-refractivity contribution in [3.8, 4) is 11.3 Å². The van der Waals surface area contributed by atoms with E-state index in [4.69, 9.17) is 0 Å². The molecule has 0 spiro atoms. The Bertz CT molecular complexity index is 963. The van der Waals surface area contributed by atoms with E-state index in [-0.39, 0.29) is 17.5 Å². The van der Waals surface area contributed by atoms with E-state index in [1.54, 1.807) is 18.2 Å². The Morgan fingerprint density at radius 1 is 1.08 bits per heavy atom. The molecule has 0 fully saturated rings. The zero-order valence-electron chi connectivity index (χ0n) is 13.9. The second kappa shape index (κ2) is 7.84. The first-order chi connectivity index (χ1) is 12.5. The van der Waals surface area contributed by atoms with Gasteiger partial charge in [-0.05, 0) is 23.8 Å². The normalized spacial score (nSPS) is 10.8. The van der Waals surface area contributed by atoms with Crippen LogP contribution in [-0.4, -0.2) is 16.7 Å². The molecule has 6 heteroatoms. The number of carbonyl (C=O) groups is 2. The van der Waals surface area contributed by atoms with E-state index in [2.05, 4.69) is 10.3 Å². The molecule has 0 atom stereocenters. The van der Waals surface area contributed by atoms with Crippen LogP contribution in [0, 0.1) is 5.82 Å². The average molecular weight is 366 g/mol. The van der Waals surface area contributed by atoms with Crippen molar-refractivity contribution in [2.24, 2.45) is 0 Å². The van der Waals surface area contributed by atoms with Gasteiger partial charge in [0.25, 0.3) is 0 Å². The molecule has 3 aromatic rings. The van der Waals surface area contributed by atoms with Crippen molar-refractivity contribution in [1.82, 2.24) is 4.98 Å². The van der Waals surface area contributed by atoms with Crippen LogP contribution in [0.4, 0.5) is 9.52 Å². The van der Waals surface area contributed by atoms with Crippen LogP contribution < -0.4 is 5.32 Å². The predicted octanol–water partition coefficient (Wildman–Crippen LogP) is 4.80. The second-order valence-corrected chi connectivity index (χ2v) is 6.49. The number of rotatable bonds is 5. The minimum Gasteiger partial charge on any atom is -0.298 e. The second-order valence-electron chi connectivity index (χ2n) is 5.49. The predicted molar refractivity (Wildman–Crippen MR) is 102 cm³/mol. The van der Waals surface area contributed by atoms with E-state index < -0.39 is 0 Å². The van der Waals surface area contributed by atoms with Crippen molar-refractivity contribution >= 4 is 34.2 Å². The molecule has 0 saturated heterocycles. The third-order valence-electron chi connectivity index (χ3n) is 3.52. The number of nitrogens with zero attached hydrogens (tertiary/aromatic N) is 1.